The molecule has 0 aromatic carbocycles. The van der Waals surface area contributed by atoms with E-state index in [1.54, 1.807) is 18.5 Å². The van der Waals surface area contributed by atoms with Gasteiger partial charge in [-0.15, -0.1) is 0 Å². The van der Waals surface area contributed by atoms with E-state index in [9.17, 15) is 9.59 Å². The highest BCUT2D eigenvalue weighted by Crippen LogP contribution is 2.31. The molecule has 2 amide bonds. The first-order valence-electron chi connectivity index (χ1n) is 9.80. The van der Waals surface area contributed by atoms with Crippen LogP contribution in [-0.4, -0.2) is 63.1 Å². The highest BCUT2D eigenvalue weighted by molar-refractivity contribution is 5.92. The number of amides is 2. The lowest BCUT2D eigenvalue weighted by Gasteiger charge is -2.32. The number of rotatable bonds is 4. The Kier molecular flexibility index (Phi) is 5.23. The average Bonchev–Trinajstić information content (AvgIpc) is 3.39. The van der Waals surface area contributed by atoms with Crippen molar-refractivity contribution in [2.45, 2.75) is 38.5 Å². The maximum Gasteiger partial charge on any atom is 0.272 e. The van der Waals surface area contributed by atoms with Crippen LogP contribution in [0.2, 0.25) is 0 Å². The number of nitrogens with one attached hydrogen (secondary N) is 2. The van der Waals surface area contributed by atoms with E-state index in [4.69, 9.17) is 0 Å². The van der Waals surface area contributed by atoms with Gasteiger partial charge in [-0.3, -0.25) is 14.7 Å². The van der Waals surface area contributed by atoms with Crippen molar-refractivity contribution in [3.8, 4) is 0 Å². The molecule has 2 aliphatic rings. The molecule has 2 aliphatic heterocycles. The summed E-state index contributed by atoms with van der Waals surface area (Å²) in [5.41, 5.74) is 1.99. The van der Waals surface area contributed by atoms with Crippen LogP contribution in [0.3, 0.4) is 0 Å². The molecule has 0 radical (unpaired) electrons. The first kappa shape index (κ1) is 18.4. The van der Waals surface area contributed by atoms with Gasteiger partial charge in [0, 0.05) is 45.2 Å². The Morgan fingerprint density at radius 2 is 2.04 bits per heavy atom. The Morgan fingerprint density at radius 3 is 2.82 bits per heavy atom. The van der Waals surface area contributed by atoms with E-state index in [2.05, 4.69) is 30.4 Å². The molecule has 0 saturated carbocycles. The quantitative estimate of drug-likeness (QED) is 0.833. The molecule has 2 fully saturated rings. The standard InChI is InChI=1S/C19H25N7O2/c1-13(27)22-16-11-21-24-17(16)14-5-4-10-26(12-14)18(28)15-6-7-20-19(23-15)25-8-2-3-9-25/h6-7,11,14H,2-5,8-10,12H2,1H3,(H,21,24)(H,22,27). The number of piperidine rings is 1. The van der Waals surface area contributed by atoms with E-state index < -0.39 is 0 Å². The summed E-state index contributed by atoms with van der Waals surface area (Å²) in [5, 5.41) is 9.86. The summed E-state index contributed by atoms with van der Waals surface area (Å²) in [6.07, 6.45) is 7.37. The van der Waals surface area contributed by atoms with Crippen LogP contribution in [0.25, 0.3) is 0 Å². The van der Waals surface area contributed by atoms with Crippen molar-refractivity contribution in [3.63, 3.8) is 0 Å². The van der Waals surface area contributed by atoms with Gasteiger partial charge in [0.15, 0.2) is 0 Å². The summed E-state index contributed by atoms with van der Waals surface area (Å²) in [6, 6.07) is 1.68. The minimum atomic E-state index is -0.137. The fraction of sp³-hybridized carbons (Fsp3) is 0.526. The Morgan fingerprint density at radius 1 is 1.21 bits per heavy atom. The molecule has 1 unspecified atom stereocenters. The summed E-state index contributed by atoms with van der Waals surface area (Å²) >= 11 is 0. The molecule has 9 nitrogen and oxygen atoms in total. The molecule has 2 saturated heterocycles. The highest BCUT2D eigenvalue weighted by atomic mass is 16.2. The number of aromatic amines is 1. The van der Waals surface area contributed by atoms with Gasteiger partial charge in [-0.05, 0) is 31.7 Å². The van der Waals surface area contributed by atoms with Crippen molar-refractivity contribution >= 4 is 23.5 Å². The molecule has 4 rings (SSSR count). The van der Waals surface area contributed by atoms with E-state index >= 15 is 0 Å². The summed E-state index contributed by atoms with van der Waals surface area (Å²) in [4.78, 5) is 37.3. The Bertz CT molecular complexity index is 859. The van der Waals surface area contributed by atoms with Gasteiger partial charge in [0.2, 0.25) is 11.9 Å². The van der Waals surface area contributed by atoms with Gasteiger partial charge in [-0.25, -0.2) is 9.97 Å². The SMILES string of the molecule is CC(=O)Nc1cn[nH]c1C1CCCN(C(=O)c2ccnc(N3CCCC3)n2)C1. The van der Waals surface area contributed by atoms with Crippen LogP contribution in [0.15, 0.2) is 18.5 Å². The van der Waals surface area contributed by atoms with E-state index in [-0.39, 0.29) is 17.7 Å². The van der Waals surface area contributed by atoms with E-state index in [1.165, 1.54) is 6.92 Å². The van der Waals surface area contributed by atoms with Crippen LogP contribution in [0.4, 0.5) is 11.6 Å². The number of nitrogens with zero attached hydrogens (tertiary/aromatic N) is 5. The molecule has 2 aromatic heterocycles. The maximum absolute atomic E-state index is 13.1. The van der Waals surface area contributed by atoms with Crippen LogP contribution in [0.1, 0.15) is 54.7 Å². The van der Waals surface area contributed by atoms with E-state index in [0.717, 1.165) is 44.5 Å². The van der Waals surface area contributed by atoms with Crippen LogP contribution < -0.4 is 10.2 Å². The van der Waals surface area contributed by atoms with Crippen molar-refractivity contribution in [3.05, 3.63) is 29.8 Å². The zero-order chi connectivity index (χ0) is 19.5. The lowest BCUT2D eigenvalue weighted by molar-refractivity contribution is -0.114. The minimum Gasteiger partial charge on any atom is -0.341 e. The van der Waals surface area contributed by atoms with Gasteiger partial charge in [0.25, 0.3) is 5.91 Å². The number of carbonyl (C=O) groups is 2. The van der Waals surface area contributed by atoms with Gasteiger partial charge >= 0.3 is 0 Å². The molecule has 0 spiro atoms. The third kappa shape index (κ3) is 3.83. The number of likely N-dealkylation sites (tertiary alicyclic amines) is 1. The number of anilines is 2. The number of aromatic nitrogens is 4. The van der Waals surface area contributed by atoms with Crippen molar-refractivity contribution in [2.24, 2.45) is 0 Å². The molecule has 148 valence electrons. The van der Waals surface area contributed by atoms with Gasteiger partial charge in [-0.1, -0.05) is 0 Å². The van der Waals surface area contributed by atoms with Crippen LogP contribution in [0, 0.1) is 0 Å². The molecule has 1 atom stereocenters. The van der Waals surface area contributed by atoms with E-state index in [0.29, 0.717) is 30.4 Å². The van der Waals surface area contributed by atoms with Crippen molar-refractivity contribution < 1.29 is 9.59 Å². The lowest BCUT2D eigenvalue weighted by atomic mass is 9.93. The van der Waals surface area contributed by atoms with Crippen LogP contribution >= 0.6 is 0 Å². The molecule has 9 heteroatoms. The molecule has 2 aromatic rings. The fourth-order valence-electron chi connectivity index (χ4n) is 3.99. The van der Waals surface area contributed by atoms with Gasteiger partial charge in [0.1, 0.15) is 5.69 Å². The van der Waals surface area contributed by atoms with Crippen molar-refractivity contribution in [2.75, 3.05) is 36.4 Å². The summed E-state index contributed by atoms with van der Waals surface area (Å²) in [5.74, 6) is 0.523. The number of carbonyl (C=O) groups excluding carboxylic acids is 2. The average molecular weight is 383 g/mol. The van der Waals surface area contributed by atoms with Crippen LogP contribution in [0.5, 0.6) is 0 Å². The smallest absolute Gasteiger partial charge is 0.272 e. The second kappa shape index (κ2) is 7.95. The topological polar surface area (TPSA) is 107 Å². The number of H-pyrrole nitrogens is 1. The third-order valence-corrected chi connectivity index (χ3v) is 5.35. The predicted molar refractivity (Wildman–Crippen MR) is 104 cm³/mol. The second-order valence-electron chi connectivity index (χ2n) is 7.40. The molecule has 0 bridgehead atoms. The maximum atomic E-state index is 13.1. The molecule has 28 heavy (non-hydrogen) atoms. The van der Waals surface area contributed by atoms with Crippen molar-refractivity contribution in [1.29, 1.82) is 0 Å². The third-order valence-electron chi connectivity index (χ3n) is 5.35. The van der Waals surface area contributed by atoms with Gasteiger partial charge in [-0.2, -0.15) is 5.10 Å². The van der Waals surface area contributed by atoms with Crippen molar-refractivity contribution in [1.82, 2.24) is 25.1 Å². The summed E-state index contributed by atoms with van der Waals surface area (Å²) in [6.45, 7) is 4.61. The molecular formula is C19H25N7O2. The fourth-order valence-corrected chi connectivity index (χ4v) is 3.99. The Balaban J connectivity index is 1.49. The zero-order valence-corrected chi connectivity index (χ0v) is 16.0. The monoisotopic (exact) mass is 383 g/mol. The Hall–Kier alpha value is -2.97. The second-order valence-corrected chi connectivity index (χ2v) is 7.40. The minimum absolute atomic E-state index is 0.0758. The Labute approximate surface area is 163 Å². The van der Waals surface area contributed by atoms with E-state index in [1.807, 2.05) is 4.90 Å². The molecule has 2 N–H and O–H groups in total. The largest absolute Gasteiger partial charge is 0.341 e. The number of hydrogen-bond donors (Lipinski definition) is 2. The molecule has 4 heterocycles. The normalized spacial score (nSPS) is 19.7. The first-order chi connectivity index (χ1) is 13.6. The van der Waals surface area contributed by atoms with Gasteiger partial charge in [0.05, 0.1) is 17.6 Å². The number of hydrogen-bond acceptors (Lipinski definition) is 6. The lowest BCUT2D eigenvalue weighted by Crippen LogP contribution is -2.40. The zero-order valence-electron chi connectivity index (χ0n) is 16.0. The first-order valence-corrected chi connectivity index (χ1v) is 9.80. The summed E-state index contributed by atoms with van der Waals surface area (Å²) in [7, 11) is 0. The highest BCUT2D eigenvalue weighted by Gasteiger charge is 2.29. The summed E-state index contributed by atoms with van der Waals surface area (Å²) < 4.78 is 0. The predicted octanol–water partition coefficient (Wildman–Crippen LogP) is 1.78. The molecular weight excluding hydrogens is 358 g/mol. The molecule has 0 aliphatic carbocycles. The van der Waals surface area contributed by atoms with Crippen LogP contribution in [-0.2, 0) is 4.79 Å². The van der Waals surface area contributed by atoms with Gasteiger partial charge < -0.3 is 15.1 Å².